The van der Waals surface area contributed by atoms with Gasteiger partial charge in [-0.05, 0) is 44.7 Å². The highest BCUT2D eigenvalue weighted by atomic mass is 16.5. The van der Waals surface area contributed by atoms with Crippen molar-refractivity contribution < 1.29 is 4.74 Å². The lowest BCUT2D eigenvalue weighted by atomic mass is 9.79. The topological polar surface area (TPSA) is 21.3 Å². The summed E-state index contributed by atoms with van der Waals surface area (Å²) in [6.07, 6.45) is 5.58. The van der Waals surface area contributed by atoms with E-state index in [9.17, 15) is 0 Å². The van der Waals surface area contributed by atoms with E-state index in [1.807, 2.05) is 0 Å². The normalized spacial score (nSPS) is 27.9. The standard InChI is InChI=1S/C12H25NO/c1-3-13-9-11-7-5-6-8-12(11)10-14-4-2/h11-13H,3-10H2,1-2H3. The summed E-state index contributed by atoms with van der Waals surface area (Å²) in [5.41, 5.74) is 0. The smallest absolute Gasteiger partial charge is 0.0497 e. The lowest BCUT2D eigenvalue weighted by Gasteiger charge is -2.31. The van der Waals surface area contributed by atoms with Crippen LogP contribution in [0.2, 0.25) is 0 Å². The Labute approximate surface area is 88.4 Å². The van der Waals surface area contributed by atoms with Gasteiger partial charge >= 0.3 is 0 Å². The third-order valence-electron chi connectivity index (χ3n) is 3.26. The monoisotopic (exact) mass is 199 g/mol. The summed E-state index contributed by atoms with van der Waals surface area (Å²) in [6.45, 7) is 8.39. The first-order chi connectivity index (χ1) is 6.88. The van der Waals surface area contributed by atoms with Crippen molar-refractivity contribution >= 4 is 0 Å². The molecule has 0 radical (unpaired) electrons. The highest BCUT2D eigenvalue weighted by Crippen LogP contribution is 2.29. The first-order valence-corrected chi connectivity index (χ1v) is 6.16. The molecule has 1 aliphatic rings. The Morgan fingerprint density at radius 1 is 1.14 bits per heavy atom. The molecule has 0 spiro atoms. The van der Waals surface area contributed by atoms with Crippen LogP contribution in [0.4, 0.5) is 0 Å². The molecule has 0 aromatic carbocycles. The van der Waals surface area contributed by atoms with Crippen molar-refractivity contribution in [3.8, 4) is 0 Å². The fourth-order valence-electron chi connectivity index (χ4n) is 2.37. The van der Waals surface area contributed by atoms with Gasteiger partial charge in [0.25, 0.3) is 0 Å². The second-order valence-electron chi connectivity index (χ2n) is 4.27. The van der Waals surface area contributed by atoms with Crippen molar-refractivity contribution in [3.63, 3.8) is 0 Å². The van der Waals surface area contributed by atoms with Crippen LogP contribution in [0, 0.1) is 11.8 Å². The zero-order valence-electron chi connectivity index (χ0n) is 9.72. The van der Waals surface area contributed by atoms with E-state index >= 15 is 0 Å². The second-order valence-corrected chi connectivity index (χ2v) is 4.27. The van der Waals surface area contributed by atoms with Gasteiger partial charge in [-0.2, -0.15) is 0 Å². The molecule has 0 aliphatic heterocycles. The minimum absolute atomic E-state index is 0.808. The summed E-state index contributed by atoms with van der Waals surface area (Å²) in [7, 11) is 0. The molecule has 2 unspecified atom stereocenters. The molecule has 0 amide bonds. The van der Waals surface area contributed by atoms with Crippen LogP contribution in [0.15, 0.2) is 0 Å². The SMILES string of the molecule is CCNCC1CCCCC1COCC. The van der Waals surface area contributed by atoms with Gasteiger partial charge in [-0.3, -0.25) is 0 Å². The zero-order chi connectivity index (χ0) is 10.2. The Hall–Kier alpha value is -0.0800. The predicted molar refractivity (Wildman–Crippen MR) is 60.5 cm³/mol. The summed E-state index contributed by atoms with van der Waals surface area (Å²) in [5.74, 6) is 1.66. The molecule has 0 bridgehead atoms. The Balaban J connectivity index is 2.26. The average molecular weight is 199 g/mol. The van der Waals surface area contributed by atoms with Gasteiger partial charge < -0.3 is 10.1 Å². The highest BCUT2D eigenvalue weighted by molar-refractivity contribution is 4.76. The van der Waals surface area contributed by atoms with Crippen LogP contribution < -0.4 is 5.32 Å². The van der Waals surface area contributed by atoms with Crippen molar-refractivity contribution in [2.75, 3.05) is 26.3 Å². The molecule has 1 aliphatic carbocycles. The minimum atomic E-state index is 0.808. The summed E-state index contributed by atoms with van der Waals surface area (Å²) >= 11 is 0. The molecule has 1 fully saturated rings. The molecular weight excluding hydrogens is 174 g/mol. The first kappa shape index (κ1) is 12.0. The van der Waals surface area contributed by atoms with Crippen LogP contribution in [0.3, 0.4) is 0 Å². The van der Waals surface area contributed by atoms with Gasteiger partial charge in [0, 0.05) is 13.2 Å². The molecule has 1 rings (SSSR count). The number of hydrogen-bond donors (Lipinski definition) is 1. The molecule has 2 atom stereocenters. The fourth-order valence-corrected chi connectivity index (χ4v) is 2.37. The van der Waals surface area contributed by atoms with Gasteiger partial charge in [0.05, 0.1) is 0 Å². The van der Waals surface area contributed by atoms with E-state index in [1.165, 1.54) is 32.2 Å². The number of ether oxygens (including phenoxy) is 1. The first-order valence-electron chi connectivity index (χ1n) is 6.16. The highest BCUT2D eigenvalue weighted by Gasteiger charge is 2.24. The predicted octanol–water partition coefficient (Wildman–Crippen LogP) is 2.44. The quantitative estimate of drug-likeness (QED) is 0.709. The summed E-state index contributed by atoms with van der Waals surface area (Å²) in [5, 5.41) is 3.47. The third-order valence-corrected chi connectivity index (χ3v) is 3.26. The molecule has 0 saturated heterocycles. The van der Waals surface area contributed by atoms with Crippen molar-refractivity contribution in [1.82, 2.24) is 5.32 Å². The van der Waals surface area contributed by atoms with E-state index in [0.717, 1.165) is 31.6 Å². The van der Waals surface area contributed by atoms with Crippen LogP contribution in [0.25, 0.3) is 0 Å². The van der Waals surface area contributed by atoms with Crippen LogP contribution in [-0.2, 0) is 4.74 Å². The summed E-state index contributed by atoms with van der Waals surface area (Å²) < 4.78 is 5.56. The van der Waals surface area contributed by atoms with E-state index in [-0.39, 0.29) is 0 Å². The number of rotatable bonds is 6. The van der Waals surface area contributed by atoms with E-state index in [1.54, 1.807) is 0 Å². The van der Waals surface area contributed by atoms with Gasteiger partial charge in [-0.25, -0.2) is 0 Å². The molecule has 14 heavy (non-hydrogen) atoms. The van der Waals surface area contributed by atoms with Gasteiger partial charge in [0.1, 0.15) is 0 Å². The van der Waals surface area contributed by atoms with E-state index in [2.05, 4.69) is 19.2 Å². The van der Waals surface area contributed by atoms with Crippen molar-refractivity contribution in [3.05, 3.63) is 0 Å². The van der Waals surface area contributed by atoms with Crippen molar-refractivity contribution in [1.29, 1.82) is 0 Å². The van der Waals surface area contributed by atoms with E-state index in [0.29, 0.717) is 0 Å². The average Bonchev–Trinajstić information content (AvgIpc) is 2.24. The maximum absolute atomic E-state index is 5.56. The maximum atomic E-state index is 5.56. The second kappa shape index (κ2) is 7.24. The Morgan fingerprint density at radius 3 is 2.50 bits per heavy atom. The minimum Gasteiger partial charge on any atom is -0.381 e. The van der Waals surface area contributed by atoms with Gasteiger partial charge in [-0.1, -0.05) is 19.8 Å². The van der Waals surface area contributed by atoms with Gasteiger partial charge in [0.15, 0.2) is 0 Å². The lowest BCUT2D eigenvalue weighted by molar-refractivity contribution is 0.0663. The van der Waals surface area contributed by atoms with Crippen LogP contribution >= 0.6 is 0 Å². The molecule has 84 valence electrons. The Kier molecular flexibility index (Phi) is 6.20. The zero-order valence-corrected chi connectivity index (χ0v) is 9.72. The molecule has 0 aromatic heterocycles. The maximum Gasteiger partial charge on any atom is 0.0497 e. The summed E-state index contributed by atoms with van der Waals surface area (Å²) in [4.78, 5) is 0. The number of hydrogen-bond acceptors (Lipinski definition) is 2. The van der Waals surface area contributed by atoms with Crippen LogP contribution in [0.1, 0.15) is 39.5 Å². The van der Waals surface area contributed by atoms with Crippen molar-refractivity contribution in [2.24, 2.45) is 11.8 Å². The molecular formula is C12H25NO. The Morgan fingerprint density at radius 2 is 1.86 bits per heavy atom. The molecule has 2 nitrogen and oxygen atoms in total. The van der Waals surface area contributed by atoms with E-state index in [4.69, 9.17) is 4.74 Å². The van der Waals surface area contributed by atoms with Gasteiger partial charge in [0.2, 0.25) is 0 Å². The molecule has 0 aromatic rings. The molecule has 2 heteroatoms. The lowest BCUT2D eigenvalue weighted by Crippen LogP contribution is -2.32. The van der Waals surface area contributed by atoms with Crippen LogP contribution in [0.5, 0.6) is 0 Å². The van der Waals surface area contributed by atoms with E-state index < -0.39 is 0 Å². The molecule has 1 N–H and O–H groups in total. The van der Waals surface area contributed by atoms with Gasteiger partial charge in [-0.15, -0.1) is 0 Å². The molecule has 1 saturated carbocycles. The molecule has 0 heterocycles. The summed E-state index contributed by atoms with van der Waals surface area (Å²) in [6, 6.07) is 0. The van der Waals surface area contributed by atoms with Crippen molar-refractivity contribution in [2.45, 2.75) is 39.5 Å². The largest absolute Gasteiger partial charge is 0.381 e. The van der Waals surface area contributed by atoms with Crippen LogP contribution in [-0.4, -0.2) is 26.3 Å². The number of nitrogens with one attached hydrogen (secondary N) is 1. The Bertz CT molecular complexity index is 122. The fraction of sp³-hybridized carbons (Fsp3) is 1.00. The third kappa shape index (κ3) is 3.97.